The van der Waals surface area contributed by atoms with E-state index in [1.165, 1.54) is 18.2 Å². The number of carboxylic acid groups (broad SMARTS) is 1. The van der Waals surface area contributed by atoms with Gasteiger partial charge in [-0.25, -0.2) is 9.18 Å². The molecule has 0 aliphatic heterocycles. The molecule has 0 saturated carbocycles. The van der Waals surface area contributed by atoms with Crippen LogP contribution in [0.1, 0.15) is 10.4 Å². The van der Waals surface area contributed by atoms with Gasteiger partial charge >= 0.3 is 11.7 Å². The number of aromatic carboxylic acids is 1. The Kier molecular flexibility index (Phi) is 4.04. The summed E-state index contributed by atoms with van der Waals surface area (Å²) in [5, 5.41) is 22.8. The first-order valence-electron chi connectivity index (χ1n) is 5.63. The van der Waals surface area contributed by atoms with Crippen molar-refractivity contribution >= 4 is 34.6 Å². The summed E-state index contributed by atoms with van der Waals surface area (Å²) in [6.45, 7) is 0. The predicted molar refractivity (Wildman–Crippen MR) is 74.7 cm³/mol. The van der Waals surface area contributed by atoms with Crippen molar-refractivity contribution in [3.05, 3.63) is 62.9 Å². The summed E-state index contributed by atoms with van der Waals surface area (Å²) in [6.07, 6.45) is 0. The Morgan fingerprint density at radius 2 is 2.00 bits per heavy atom. The van der Waals surface area contributed by atoms with E-state index in [1.54, 1.807) is 0 Å². The number of nitrogens with zero attached hydrogens (tertiary/aromatic N) is 1. The summed E-state index contributed by atoms with van der Waals surface area (Å²) in [5.74, 6) is -2.02. The maximum Gasteiger partial charge on any atom is 0.342 e. The Hall–Kier alpha value is -2.67. The van der Waals surface area contributed by atoms with Crippen LogP contribution < -0.4 is 5.32 Å². The van der Waals surface area contributed by atoms with E-state index >= 15 is 0 Å². The van der Waals surface area contributed by atoms with Crippen LogP contribution in [0.4, 0.5) is 21.5 Å². The van der Waals surface area contributed by atoms with Gasteiger partial charge in [-0.2, -0.15) is 0 Å². The van der Waals surface area contributed by atoms with Crippen molar-refractivity contribution in [2.75, 3.05) is 5.32 Å². The van der Waals surface area contributed by atoms with Crippen LogP contribution >= 0.6 is 11.6 Å². The highest BCUT2D eigenvalue weighted by Gasteiger charge is 2.24. The summed E-state index contributed by atoms with van der Waals surface area (Å²) in [5.41, 5.74) is -1.09. The maximum atomic E-state index is 13.2. The molecule has 6 nitrogen and oxygen atoms in total. The molecule has 2 N–H and O–H groups in total. The first-order chi connectivity index (χ1) is 9.90. The van der Waals surface area contributed by atoms with Gasteiger partial charge in [-0.05, 0) is 30.3 Å². The summed E-state index contributed by atoms with van der Waals surface area (Å²) >= 11 is 5.87. The van der Waals surface area contributed by atoms with Crippen molar-refractivity contribution in [2.24, 2.45) is 0 Å². The molecular formula is C13H8ClFN2O4. The molecular weight excluding hydrogens is 303 g/mol. The second-order valence-corrected chi connectivity index (χ2v) is 4.42. The number of nitro benzene ring substituents is 1. The molecule has 0 aromatic heterocycles. The second kappa shape index (κ2) is 5.76. The number of nitro groups is 1. The molecule has 0 unspecified atom stereocenters. The van der Waals surface area contributed by atoms with Crippen LogP contribution in [-0.2, 0) is 0 Å². The van der Waals surface area contributed by atoms with Crippen LogP contribution in [0, 0.1) is 15.9 Å². The van der Waals surface area contributed by atoms with Crippen molar-refractivity contribution < 1.29 is 19.2 Å². The normalized spacial score (nSPS) is 10.2. The van der Waals surface area contributed by atoms with Gasteiger partial charge in [0.25, 0.3) is 0 Å². The van der Waals surface area contributed by atoms with Crippen LogP contribution in [-0.4, -0.2) is 16.0 Å². The second-order valence-electron chi connectivity index (χ2n) is 4.01. The Bertz CT molecular complexity index is 736. The van der Waals surface area contributed by atoms with Gasteiger partial charge in [-0.1, -0.05) is 17.7 Å². The van der Waals surface area contributed by atoms with Crippen molar-refractivity contribution in [1.82, 2.24) is 0 Å². The topological polar surface area (TPSA) is 92.5 Å². The number of para-hydroxylation sites is 1. The van der Waals surface area contributed by atoms with Crippen molar-refractivity contribution in [2.45, 2.75) is 0 Å². The largest absolute Gasteiger partial charge is 0.477 e. The third kappa shape index (κ3) is 3.09. The molecule has 2 aromatic rings. The molecule has 0 atom stereocenters. The van der Waals surface area contributed by atoms with Crippen molar-refractivity contribution in [1.29, 1.82) is 0 Å². The standard InChI is InChI=1S/C13H8ClFN2O4/c14-9-5-4-7(15)6-11(9)16-10-3-1-2-8(13(18)19)12(10)17(20)21/h1-6,16H,(H,18,19). The van der Waals surface area contributed by atoms with Gasteiger partial charge in [-0.3, -0.25) is 10.1 Å². The average molecular weight is 311 g/mol. The van der Waals surface area contributed by atoms with E-state index in [1.807, 2.05) is 0 Å². The lowest BCUT2D eigenvalue weighted by atomic mass is 10.1. The zero-order chi connectivity index (χ0) is 15.6. The van der Waals surface area contributed by atoms with Crippen LogP contribution in [0.15, 0.2) is 36.4 Å². The molecule has 0 aliphatic carbocycles. The Labute approximate surface area is 122 Å². The summed E-state index contributed by atoms with van der Waals surface area (Å²) in [4.78, 5) is 21.3. The van der Waals surface area contributed by atoms with Gasteiger partial charge in [0.05, 0.1) is 15.6 Å². The quantitative estimate of drug-likeness (QED) is 0.661. The van der Waals surface area contributed by atoms with Crippen LogP contribution in [0.25, 0.3) is 0 Å². The van der Waals surface area contributed by atoms with E-state index in [2.05, 4.69) is 5.32 Å². The summed E-state index contributed by atoms with van der Waals surface area (Å²) < 4.78 is 13.2. The van der Waals surface area contributed by atoms with Gasteiger partial charge in [0, 0.05) is 0 Å². The highest BCUT2D eigenvalue weighted by molar-refractivity contribution is 6.33. The predicted octanol–water partition coefficient (Wildman–Crippen LogP) is 3.83. The van der Waals surface area contributed by atoms with E-state index in [0.29, 0.717) is 0 Å². The lowest BCUT2D eigenvalue weighted by molar-refractivity contribution is -0.384. The fourth-order valence-electron chi connectivity index (χ4n) is 1.75. The number of carboxylic acids is 1. The Balaban J connectivity index is 2.54. The zero-order valence-corrected chi connectivity index (χ0v) is 11.1. The first kappa shape index (κ1) is 14.7. The Morgan fingerprint density at radius 1 is 1.29 bits per heavy atom. The fraction of sp³-hybridized carbons (Fsp3) is 0. The number of hydrogen-bond acceptors (Lipinski definition) is 4. The molecule has 0 bridgehead atoms. The van der Waals surface area contributed by atoms with Gasteiger partial charge in [0.1, 0.15) is 17.1 Å². The molecule has 0 heterocycles. The molecule has 108 valence electrons. The molecule has 0 spiro atoms. The highest BCUT2D eigenvalue weighted by atomic mass is 35.5. The third-order valence-corrected chi connectivity index (χ3v) is 2.98. The molecule has 0 fully saturated rings. The number of anilines is 2. The average Bonchev–Trinajstić information content (AvgIpc) is 2.42. The number of nitrogens with one attached hydrogen (secondary N) is 1. The molecule has 0 saturated heterocycles. The lowest BCUT2D eigenvalue weighted by Crippen LogP contribution is -2.05. The van der Waals surface area contributed by atoms with Crippen LogP contribution in [0.2, 0.25) is 5.02 Å². The van der Waals surface area contributed by atoms with Crippen molar-refractivity contribution in [3.8, 4) is 0 Å². The lowest BCUT2D eigenvalue weighted by Gasteiger charge is -2.10. The number of rotatable bonds is 4. The van der Waals surface area contributed by atoms with Crippen LogP contribution in [0.3, 0.4) is 0 Å². The molecule has 2 aromatic carbocycles. The van der Waals surface area contributed by atoms with E-state index < -0.39 is 28.0 Å². The summed E-state index contributed by atoms with van der Waals surface area (Å²) in [6, 6.07) is 7.23. The molecule has 0 radical (unpaired) electrons. The minimum Gasteiger partial charge on any atom is -0.477 e. The molecule has 21 heavy (non-hydrogen) atoms. The van der Waals surface area contributed by atoms with Gasteiger partial charge in [0.2, 0.25) is 0 Å². The SMILES string of the molecule is O=C(O)c1cccc(Nc2cc(F)ccc2Cl)c1[N+](=O)[O-]. The number of halogens is 2. The summed E-state index contributed by atoms with van der Waals surface area (Å²) in [7, 11) is 0. The van der Waals surface area contributed by atoms with Gasteiger partial charge in [-0.15, -0.1) is 0 Å². The Morgan fingerprint density at radius 3 is 2.62 bits per heavy atom. The number of carbonyl (C=O) groups is 1. The monoisotopic (exact) mass is 310 g/mol. The molecule has 8 heteroatoms. The minimum absolute atomic E-state index is 0.0904. The van der Waals surface area contributed by atoms with Crippen LogP contribution in [0.5, 0.6) is 0 Å². The van der Waals surface area contributed by atoms with E-state index in [0.717, 1.165) is 18.2 Å². The van der Waals surface area contributed by atoms with E-state index in [4.69, 9.17) is 16.7 Å². The van der Waals surface area contributed by atoms with Crippen molar-refractivity contribution in [3.63, 3.8) is 0 Å². The number of hydrogen-bond donors (Lipinski definition) is 2. The smallest absolute Gasteiger partial charge is 0.342 e. The first-order valence-corrected chi connectivity index (χ1v) is 6.00. The molecule has 0 amide bonds. The maximum absolute atomic E-state index is 13.2. The van der Waals surface area contributed by atoms with E-state index in [-0.39, 0.29) is 16.4 Å². The molecule has 2 rings (SSSR count). The number of benzene rings is 2. The fourth-order valence-corrected chi connectivity index (χ4v) is 1.92. The van der Waals surface area contributed by atoms with Gasteiger partial charge < -0.3 is 10.4 Å². The van der Waals surface area contributed by atoms with E-state index in [9.17, 15) is 19.3 Å². The third-order valence-electron chi connectivity index (χ3n) is 2.65. The molecule has 0 aliphatic rings. The van der Waals surface area contributed by atoms with Gasteiger partial charge in [0.15, 0.2) is 0 Å². The zero-order valence-electron chi connectivity index (χ0n) is 10.3. The highest BCUT2D eigenvalue weighted by Crippen LogP contribution is 2.33. The minimum atomic E-state index is -1.43.